The van der Waals surface area contributed by atoms with Crippen LogP contribution in [0, 0.1) is 0 Å². The van der Waals surface area contributed by atoms with Gasteiger partial charge in [0.25, 0.3) is 5.91 Å². The second-order valence-corrected chi connectivity index (χ2v) is 7.82. The predicted octanol–water partition coefficient (Wildman–Crippen LogP) is 3.71. The van der Waals surface area contributed by atoms with Crippen LogP contribution in [-0.2, 0) is 0 Å². The minimum atomic E-state index is -0.471. The molecule has 1 saturated heterocycles. The Kier molecular flexibility index (Phi) is 6.40. The van der Waals surface area contributed by atoms with Gasteiger partial charge in [-0.15, -0.1) is 12.4 Å². The molecule has 27 heavy (non-hydrogen) atoms. The Morgan fingerprint density at radius 3 is 2.52 bits per heavy atom. The van der Waals surface area contributed by atoms with Gasteiger partial charge in [-0.2, -0.15) is 0 Å². The number of likely N-dealkylation sites (N-methyl/N-ethyl adjacent to an activating group) is 1. The molecule has 2 aromatic carbocycles. The molecule has 1 heterocycles. The molecule has 4 rings (SSSR count). The lowest BCUT2D eigenvalue weighted by Gasteiger charge is -2.32. The Labute approximate surface area is 167 Å². The molecule has 5 heteroatoms. The van der Waals surface area contributed by atoms with E-state index in [1.54, 1.807) is 4.90 Å². The van der Waals surface area contributed by atoms with Gasteiger partial charge in [0.05, 0.1) is 12.1 Å². The van der Waals surface area contributed by atoms with Crippen molar-refractivity contribution in [1.82, 2.24) is 9.80 Å². The van der Waals surface area contributed by atoms with Crippen molar-refractivity contribution in [2.24, 2.45) is 0 Å². The van der Waals surface area contributed by atoms with Crippen molar-refractivity contribution in [3.8, 4) is 0 Å². The summed E-state index contributed by atoms with van der Waals surface area (Å²) in [4.78, 5) is 17.3. The molecule has 0 radical (unpaired) electrons. The number of hydrogen-bond acceptors (Lipinski definition) is 3. The summed E-state index contributed by atoms with van der Waals surface area (Å²) in [5.41, 5.74) is 0.717. The number of aliphatic hydroxyl groups is 1. The number of nitrogens with zero attached hydrogens (tertiary/aromatic N) is 2. The van der Waals surface area contributed by atoms with E-state index >= 15 is 0 Å². The molecule has 2 aliphatic rings. The number of carbonyl (C=O) groups excluding carboxylic acids is 1. The number of aliphatic hydroxyl groups excluding tert-OH is 1. The lowest BCUT2D eigenvalue weighted by atomic mass is 9.94. The lowest BCUT2D eigenvalue weighted by Crippen LogP contribution is -2.44. The maximum absolute atomic E-state index is 13.2. The maximum Gasteiger partial charge on any atom is 0.254 e. The van der Waals surface area contributed by atoms with E-state index in [2.05, 4.69) is 4.90 Å². The summed E-state index contributed by atoms with van der Waals surface area (Å²) in [6.45, 7) is 1.46. The molecular formula is C22H29ClN2O2. The standard InChI is InChI=1S/C22H28N2O2.ClH/c1-23(20-14-24(15-21(20)25)17-10-3-2-4-11-17)22(26)19-13-7-9-16-8-5-6-12-18(16)19;/h5-9,12-13,17,20-21,25H,2-4,10-11,14-15H2,1H3;1H/t20-,21-;/m1./s1. The van der Waals surface area contributed by atoms with E-state index in [9.17, 15) is 9.90 Å². The number of benzene rings is 2. The van der Waals surface area contributed by atoms with E-state index in [-0.39, 0.29) is 24.4 Å². The first kappa shape index (κ1) is 20.1. The van der Waals surface area contributed by atoms with Crippen molar-refractivity contribution in [2.45, 2.75) is 50.3 Å². The number of amides is 1. The quantitative estimate of drug-likeness (QED) is 0.871. The molecule has 2 atom stereocenters. The second kappa shape index (κ2) is 8.59. The first-order chi connectivity index (χ1) is 12.6. The van der Waals surface area contributed by atoms with Gasteiger partial charge < -0.3 is 10.0 Å². The number of rotatable bonds is 3. The number of halogens is 1. The van der Waals surface area contributed by atoms with Crippen LogP contribution >= 0.6 is 12.4 Å². The van der Waals surface area contributed by atoms with Crippen LogP contribution < -0.4 is 0 Å². The normalized spacial score (nSPS) is 23.9. The lowest BCUT2D eigenvalue weighted by molar-refractivity contribution is 0.0583. The molecule has 2 fully saturated rings. The highest BCUT2D eigenvalue weighted by atomic mass is 35.5. The van der Waals surface area contributed by atoms with Crippen LogP contribution in [0.5, 0.6) is 0 Å². The minimum Gasteiger partial charge on any atom is -0.390 e. The molecule has 1 amide bonds. The van der Waals surface area contributed by atoms with E-state index in [0.29, 0.717) is 18.2 Å². The van der Waals surface area contributed by atoms with Crippen LogP contribution in [0.1, 0.15) is 42.5 Å². The van der Waals surface area contributed by atoms with Crippen molar-refractivity contribution >= 4 is 29.1 Å². The molecule has 4 nitrogen and oxygen atoms in total. The van der Waals surface area contributed by atoms with Crippen LogP contribution in [0.25, 0.3) is 10.8 Å². The van der Waals surface area contributed by atoms with Gasteiger partial charge in [-0.05, 0) is 29.7 Å². The van der Waals surface area contributed by atoms with E-state index in [0.717, 1.165) is 17.3 Å². The molecule has 1 aliphatic heterocycles. The molecule has 1 N–H and O–H groups in total. The van der Waals surface area contributed by atoms with E-state index in [4.69, 9.17) is 0 Å². The van der Waals surface area contributed by atoms with Crippen molar-refractivity contribution in [1.29, 1.82) is 0 Å². The van der Waals surface area contributed by atoms with Crippen LogP contribution in [0.3, 0.4) is 0 Å². The third-order valence-electron chi connectivity index (χ3n) is 6.22. The Bertz CT molecular complexity index is 785. The fourth-order valence-corrected chi connectivity index (χ4v) is 4.68. The van der Waals surface area contributed by atoms with Crippen LogP contribution in [0.2, 0.25) is 0 Å². The molecule has 0 aromatic heterocycles. The zero-order valence-electron chi connectivity index (χ0n) is 15.9. The third kappa shape index (κ3) is 3.98. The van der Waals surface area contributed by atoms with Crippen LogP contribution in [0.15, 0.2) is 42.5 Å². The largest absolute Gasteiger partial charge is 0.390 e. The summed E-state index contributed by atoms with van der Waals surface area (Å²) in [7, 11) is 1.84. The Hall–Kier alpha value is -1.62. The molecule has 0 spiro atoms. The zero-order valence-corrected chi connectivity index (χ0v) is 16.7. The zero-order chi connectivity index (χ0) is 18.1. The Balaban J connectivity index is 0.00000210. The number of fused-ring (bicyclic) bond motifs is 1. The van der Waals surface area contributed by atoms with Crippen molar-refractivity contribution < 1.29 is 9.90 Å². The van der Waals surface area contributed by atoms with Crippen molar-refractivity contribution in [3.63, 3.8) is 0 Å². The average molecular weight is 389 g/mol. The van der Waals surface area contributed by atoms with Gasteiger partial charge in [0.2, 0.25) is 0 Å². The van der Waals surface area contributed by atoms with E-state index < -0.39 is 6.10 Å². The first-order valence-electron chi connectivity index (χ1n) is 9.82. The van der Waals surface area contributed by atoms with Crippen LogP contribution in [-0.4, -0.2) is 59.1 Å². The molecule has 0 unspecified atom stereocenters. The molecule has 1 aliphatic carbocycles. The number of carbonyl (C=O) groups is 1. The summed E-state index contributed by atoms with van der Waals surface area (Å²) >= 11 is 0. The third-order valence-corrected chi connectivity index (χ3v) is 6.22. The molecule has 146 valence electrons. The maximum atomic E-state index is 13.2. The fourth-order valence-electron chi connectivity index (χ4n) is 4.68. The Morgan fingerprint density at radius 1 is 1.04 bits per heavy atom. The van der Waals surface area contributed by atoms with Gasteiger partial charge in [-0.25, -0.2) is 0 Å². The van der Waals surface area contributed by atoms with Gasteiger partial charge in [0.1, 0.15) is 0 Å². The highest BCUT2D eigenvalue weighted by molar-refractivity contribution is 6.07. The second-order valence-electron chi connectivity index (χ2n) is 7.82. The monoisotopic (exact) mass is 388 g/mol. The smallest absolute Gasteiger partial charge is 0.254 e. The van der Waals surface area contributed by atoms with Gasteiger partial charge in [0.15, 0.2) is 0 Å². The fraction of sp³-hybridized carbons (Fsp3) is 0.500. The number of likely N-dealkylation sites (tertiary alicyclic amines) is 1. The summed E-state index contributed by atoms with van der Waals surface area (Å²) in [5.74, 6) is -0.00339. The number of β-amino-alcohol motifs (C(OH)–C–C–N with tert-alkyl or cyclic N) is 1. The summed E-state index contributed by atoms with van der Waals surface area (Å²) < 4.78 is 0. The average Bonchev–Trinajstić information content (AvgIpc) is 3.09. The SMILES string of the molecule is CN(C(=O)c1cccc2ccccc12)[C@@H]1CN(C2CCCCC2)C[C@H]1O.Cl. The predicted molar refractivity (Wildman–Crippen MR) is 112 cm³/mol. The van der Waals surface area contributed by atoms with Gasteiger partial charge in [-0.1, -0.05) is 55.7 Å². The van der Waals surface area contributed by atoms with Gasteiger partial charge >= 0.3 is 0 Å². The van der Waals surface area contributed by atoms with E-state index in [1.807, 2.05) is 49.5 Å². The summed E-state index contributed by atoms with van der Waals surface area (Å²) in [6, 6.07) is 14.3. The van der Waals surface area contributed by atoms with Crippen LogP contribution in [0.4, 0.5) is 0 Å². The molecule has 2 aromatic rings. The summed E-state index contributed by atoms with van der Waals surface area (Å²) in [6.07, 6.45) is 5.87. The Morgan fingerprint density at radius 2 is 1.74 bits per heavy atom. The summed E-state index contributed by atoms with van der Waals surface area (Å²) in [5, 5.41) is 12.7. The van der Waals surface area contributed by atoms with Gasteiger partial charge in [-0.3, -0.25) is 9.69 Å². The highest BCUT2D eigenvalue weighted by Crippen LogP contribution is 2.28. The molecule has 1 saturated carbocycles. The highest BCUT2D eigenvalue weighted by Gasteiger charge is 2.39. The van der Waals surface area contributed by atoms with Crippen molar-refractivity contribution in [2.75, 3.05) is 20.1 Å². The topological polar surface area (TPSA) is 43.8 Å². The molecule has 0 bridgehead atoms. The van der Waals surface area contributed by atoms with Gasteiger partial charge in [0, 0.05) is 31.7 Å². The van der Waals surface area contributed by atoms with Crippen molar-refractivity contribution in [3.05, 3.63) is 48.0 Å². The molecular weight excluding hydrogens is 360 g/mol. The minimum absolute atomic E-state index is 0. The van der Waals surface area contributed by atoms with E-state index in [1.165, 1.54) is 32.1 Å². The number of hydrogen-bond donors (Lipinski definition) is 1. The first-order valence-corrected chi connectivity index (χ1v) is 9.82.